The maximum Gasteiger partial charge on any atom is 0.193 e. The summed E-state index contributed by atoms with van der Waals surface area (Å²) in [6.45, 7) is 0.553. The minimum atomic E-state index is 0. The smallest absolute Gasteiger partial charge is 0.193 e. The van der Waals surface area contributed by atoms with Crippen LogP contribution < -0.4 is 15.8 Å². The van der Waals surface area contributed by atoms with Crippen LogP contribution in [0.1, 0.15) is 29.5 Å². The number of hydrogen-bond donors (Lipinski definition) is 2. The standard InChI is InChI=1S/C19H23N3O.HI/c1-23-16-11-9-14(10-12-16)13-21-19(20)22-18-8-4-6-15-5-2-3-7-17(15)18;/h4,6,8-12H,2-3,5,7,13H2,1H3,(H3,20,21,22);1H. The fraction of sp³-hybridized carbons (Fsp3) is 0.316. The summed E-state index contributed by atoms with van der Waals surface area (Å²) < 4.78 is 5.15. The number of fused-ring (bicyclic) bond motifs is 1. The number of methoxy groups -OCH3 is 1. The van der Waals surface area contributed by atoms with Gasteiger partial charge in [-0.05, 0) is 60.6 Å². The summed E-state index contributed by atoms with van der Waals surface area (Å²) in [5.41, 5.74) is 11.1. The zero-order chi connectivity index (χ0) is 16.1. The average Bonchev–Trinajstić information content (AvgIpc) is 2.61. The Hall–Kier alpha value is -1.76. The third-order valence-corrected chi connectivity index (χ3v) is 4.25. The second-order valence-corrected chi connectivity index (χ2v) is 5.82. The van der Waals surface area contributed by atoms with E-state index in [0.717, 1.165) is 29.8 Å². The molecule has 0 bridgehead atoms. The molecule has 2 aromatic rings. The summed E-state index contributed by atoms with van der Waals surface area (Å²) in [6.07, 6.45) is 4.80. The van der Waals surface area contributed by atoms with E-state index in [1.807, 2.05) is 24.3 Å². The summed E-state index contributed by atoms with van der Waals surface area (Å²) in [4.78, 5) is 4.44. The number of aryl methyl sites for hydroxylation is 1. The zero-order valence-electron chi connectivity index (χ0n) is 13.9. The number of nitrogens with one attached hydrogen (secondary N) is 1. The van der Waals surface area contributed by atoms with Crippen LogP contribution in [-0.4, -0.2) is 13.1 Å². The van der Waals surface area contributed by atoms with Crippen LogP contribution in [0.25, 0.3) is 0 Å². The van der Waals surface area contributed by atoms with E-state index in [1.165, 1.54) is 24.0 Å². The Balaban J connectivity index is 0.00000208. The van der Waals surface area contributed by atoms with Crippen molar-refractivity contribution in [3.8, 4) is 5.75 Å². The Kier molecular flexibility index (Phi) is 6.90. The normalized spacial score (nSPS) is 13.6. The molecule has 4 nitrogen and oxygen atoms in total. The lowest BCUT2D eigenvalue weighted by molar-refractivity contribution is 0.414. The highest BCUT2D eigenvalue weighted by atomic mass is 127. The number of benzene rings is 2. The van der Waals surface area contributed by atoms with Gasteiger partial charge in [0, 0.05) is 5.69 Å². The van der Waals surface area contributed by atoms with Gasteiger partial charge in [0.05, 0.1) is 13.7 Å². The fourth-order valence-corrected chi connectivity index (χ4v) is 2.98. The van der Waals surface area contributed by atoms with Crippen molar-refractivity contribution in [1.82, 2.24) is 0 Å². The van der Waals surface area contributed by atoms with Crippen molar-refractivity contribution in [2.45, 2.75) is 32.2 Å². The second kappa shape index (κ2) is 8.92. The first kappa shape index (κ1) is 18.6. The van der Waals surface area contributed by atoms with E-state index in [2.05, 4.69) is 28.5 Å². The number of nitrogens with zero attached hydrogens (tertiary/aromatic N) is 1. The van der Waals surface area contributed by atoms with Crippen LogP contribution in [0.4, 0.5) is 5.69 Å². The first-order valence-corrected chi connectivity index (χ1v) is 8.07. The SMILES string of the molecule is COc1ccc(CN=C(N)Nc2cccc3c2CCCC3)cc1.I. The number of anilines is 1. The van der Waals surface area contributed by atoms with Gasteiger partial charge in [0.2, 0.25) is 0 Å². The van der Waals surface area contributed by atoms with Crippen LogP contribution in [-0.2, 0) is 19.4 Å². The number of halogens is 1. The van der Waals surface area contributed by atoms with E-state index in [4.69, 9.17) is 10.5 Å². The van der Waals surface area contributed by atoms with Crippen molar-refractivity contribution >= 4 is 35.6 Å². The molecule has 0 fully saturated rings. The van der Waals surface area contributed by atoms with Gasteiger partial charge in [0.15, 0.2) is 5.96 Å². The molecule has 0 heterocycles. The van der Waals surface area contributed by atoms with Gasteiger partial charge in [-0.25, -0.2) is 4.99 Å². The molecule has 1 aliphatic carbocycles. The van der Waals surface area contributed by atoms with E-state index in [0.29, 0.717) is 12.5 Å². The van der Waals surface area contributed by atoms with E-state index >= 15 is 0 Å². The van der Waals surface area contributed by atoms with Crippen LogP contribution in [0.15, 0.2) is 47.5 Å². The van der Waals surface area contributed by atoms with Crippen molar-refractivity contribution in [2.24, 2.45) is 10.7 Å². The molecule has 0 saturated heterocycles. The molecule has 0 amide bonds. The summed E-state index contributed by atoms with van der Waals surface area (Å²) >= 11 is 0. The van der Waals surface area contributed by atoms with Crippen molar-refractivity contribution in [3.05, 3.63) is 59.2 Å². The minimum Gasteiger partial charge on any atom is -0.497 e. The molecule has 2 aromatic carbocycles. The number of aliphatic imine (C=N–C) groups is 1. The van der Waals surface area contributed by atoms with Crippen molar-refractivity contribution < 1.29 is 4.74 Å². The topological polar surface area (TPSA) is 59.6 Å². The van der Waals surface area contributed by atoms with Crippen LogP contribution in [0.2, 0.25) is 0 Å². The molecule has 5 heteroatoms. The molecule has 3 rings (SSSR count). The van der Waals surface area contributed by atoms with E-state index in [-0.39, 0.29) is 24.0 Å². The molecular weight excluding hydrogens is 413 g/mol. The van der Waals surface area contributed by atoms with Gasteiger partial charge in [-0.1, -0.05) is 24.3 Å². The second-order valence-electron chi connectivity index (χ2n) is 5.82. The van der Waals surface area contributed by atoms with Crippen molar-refractivity contribution in [2.75, 3.05) is 12.4 Å². The lowest BCUT2D eigenvalue weighted by Gasteiger charge is -2.19. The van der Waals surface area contributed by atoms with E-state index in [1.54, 1.807) is 7.11 Å². The zero-order valence-corrected chi connectivity index (χ0v) is 16.2. The maximum atomic E-state index is 6.06. The highest BCUT2D eigenvalue weighted by molar-refractivity contribution is 14.0. The molecule has 0 spiro atoms. The lowest BCUT2D eigenvalue weighted by Crippen LogP contribution is -2.24. The molecule has 24 heavy (non-hydrogen) atoms. The number of guanidine groups is 1. The Morgan fingerprint density at radius 3 is 2.62 bits per heavy atom. The number of nitrogens with two attached hydrogens (primary N) is 1. The number of rotatable bonds is 4. The highest BCUT2D eigenvalue weighted by Crippen LogP contribution is 2.27. The van der Waals surface area contributed by atoms with Crippen molar-refractivity contribution in [3.63, 3.8) is 0 Å². The van der Waals surface area contributed by atoms with Crippen LogP contribution in [0, 0.1) is 0 Å². The maximum absolute atomic E-state index is 6.06. The first-order chi connectivity index (χ1) is 11.3. The summed E-state index contributed by atoms with van der Waals surface area (Å²) in [6, 6.07) is 14.2. The molecule has 0 aliphatic heterocycles. The molecule has 0 unspecified atom stereocenters. The van der Waals surface area contributed by atoms with E-state index < -0.39 is 0 Å². The fourth-order valence-electron chi connectivity index (χ4n) is 2.98. The summed E-state index contributed by atoms with van der Waals surface area (Å²) in [5, 5.41) is 3.27. The molecule has 0 atom stereocenters. The van der Waals surface area contributed by atoms with Gasteiger partial charge < -0.3 is 15.8 Å². The van der Waals surface area contributed by atoms with Crippen LogP contribution in [0.5, 0.6) is 5.75 Å². The molecule has 1 aliphatic rings. The number of ether oxygens (including phenoxy) is 1. The quantitative estimate of drug-likeness (QED) is 0.430. The third kappa shape index (κ3) is 4.63. The third-order valence-electron chi connectivity index (χ3n) is 4.25. The Morgan fingerprint density at radius 1 is 1.12 bits per heavy atom. The molecule has 0 saturated carbocycles. The van der Waals surface area contributed by atoms with Gasteiger partial charge in [0.25, 0.3) is 0 Å². The highest BCUT2D eigenvalue weighted by Gasteiger charge is 2.13. The monoisotopic (exact) mass is 437 g/mol. The van der Waals surface area contributed by atoms with Gasteiger partial charge in [0.1, 0.15) is 5.75 Å². The van der Waals surface area contributed by atoms with Gasteiger partial charge in [-0.15, -0.1) is 24.0 Å². The Bertz CT molecular complexity index is 698. The predicted molar refractivity (Wildman–Crippen MR) is 110 cm³/mol. The minimum absolute atomic E-state index is 0. The van der Waals surface area contributed by atoms with Gasteiger partial charge in [-0.3, -0.25) is 0 Å². The molecule has 0 radical (unpaired) electrons. The number of hydrogen-bond acceptors (Lipinski definition) is 2. The van der Waals surface area contributed by atoms with Gasteiger partial charge in [-0.2, -0.15) is 0 Å². The first-order valence-electron chi connectivity index (χ1n) is 8.07. The molecule has 128 valence electrons. The van der Waals surface area contributed by atoms with E-state index in [9.17, 15) is 0 Å². The average molecular weight is 437 g/mol. The van der Waals surface area contributed by atoms with Gasteiger partial charge >= 0.3 is 0 Å². The Labute approximate surface area is 160 Å². The van der Waals surface area contributed by atoms with Crippen LogP contribution in [0.3, 0.4) is 0 Å². The molecule has 3 N–H and O–H groups in total. The predicted octanol–water partition coefficient (Wildman–Crippen LogP) is 4.12. The summed E-state index contributed by atoms with van der Waals surface area (Å²) in [7, 11) is 1.66. The molecule has 0 aromatic heterocycles. The van der Waals surface area contributed by atoms with Crippen molar-refractivity contribution in [1.29, 1.82) is 0 Å². The van der Waals surface area contributed by atoms with Crippen LogP contribution >= 0.6 is 24.0 Å². The lowest BCUT2D eigenvalue weighted by atomic mass is 9.90. The Morgan fingerprint density at radius 2 is 1.88 bits per heavy atom. The largest absolute Gasteiger partial charge is 0.497 e. The molecular formula is C19H24IN3O. The summed E-state index contributed by atoms with van der Waals surface area (Å²) in [5.74, 6) is 1.31.